The van der Waals surface area contributed by atoms with Gasteiger partial charge < -0.3 is 5.11 Å². The molecule has 0 spiro atoms. The van der Waals surface area contributed by atoms with E-state index in [0.717, 1.165) is 5.01 Å². The van der Waals surface area contributed by atoms with Crippen LogP contribution in [0.4, 0.5) is 0 Å². The molecule has 0 unspecified atom stereocenters. The second kappa shape index (κ2) is 4.40. The molecule has 16 heavy (non-hydrogen) atoms. The lowest BCUT2D eigenvalue weighted by atomic mass is 10.1. The number of thiazole rings is 1. The molecule has 2 heterocycles. The lowest BCUT2D eigenvalue weighted by Crippen LogP contribution is -2.39. The molecule has 2 rings (SSSR count). The van der Waals surface area contributed by atoms with Crippen molar-refractivity contribution in [3.05, 3.63) is 11.2 Å². The molecule has 1 saturated heterocycles. The predicted octanol–water partition coefficient (Wildman–Crippen LogP) is 0.597. The summed E-state index contributed by atoms with van der Waals surface area (Å²) in [7, 11) is -3.39. The SMILES string of the molecule is Cc1ncc(S(=O)(=O)N2CCC(O)CC2)s1. The highest BCUT2D eigenvalue weighted by Crippen LogP contribution is 2.24. The van der Waals surface area contributed by atoms with Gasteiger partial charge in [-0.3, -0.25) is 0 Å². The Kier molecular flexibility index (Phi) is 3.29. The Labute approximate surface area is 98.8 Å². The van der Waals surface area contributed by atoms with Crippen LogP contribution in [0.3, 0.4) is 0 Å². The van der Waals surface area contributed by atoms with Gasteiger partial charge in [-0.05, 0) is 19.8 Å². The van der Waals surface area contributed by atoms with Crippen molar-refractivity contribution in [2.24, 2.45) is 0 Å². The maximum atomic E-state index is 12.1. The van der Waals surface area contributed by atoms with Crippen molar-refractivity contribution in [2.75, 3.05) is 13.1 Å². The summed E-state index contributed by atoms with van der Waals surface area (Å²) in [5, 5.41) is 10.1. The minimum Gasteiger partial charge on any atom is -0.393 e. The van der Waals surface area contributed by atoms with Crippen LogP contribution in [-0.2, 0) is 10.0 Å². The smallest absolute Gasteiger partial charge is 0.254 e. The molecule has 1 aliphatic heterocycles. The standard InChI is InChI=1S/C9H14N2O3S2/c1-7-10-6-9(15-7)16(13,14)11-4-2-8(12)3-5-11/h6,8,12H,2-5H2,1H3. The summed E-state index contributed by atoms with van der Waals surface area (Å²) >= 11 is 1.19. The molecule has 1 aliphatic rings. The van der Waals surface area contributed by atoms with Gasteiger partial charge in [0.1, 0.15) is 0 Å². The summed E-state index contributed by atoms with van der Waals surface area (Å²) < 4.78 is 26.0. The van der Waals surface area contributed by atoms with Crippen LogP contribution in [0.2, 0.25) is 0 Å². The molecule has 7 heteroatoms. The highest BCUT2D eigenvalue weighted by atomic mass is 32.2. The minimum absolute atomic E-state index is 0.293. The van der Waals surface area contributed by atoms with Crippen LogP contribution in [0.1, 0.15) is 17.8 Å². The van der Waals surface area contributed by atoms with Gasteiger partial charge in [-0.1, -0.05) is 0 Å². The number of aryl methyl sites for hydroxylation is 1. The van der Waals surface area contributed by atoms with E-state index >= 15 is 0 Å². The summed E-state index contributed by atoms with van der Waals surface area (Å²) in [4.78, 5) is 3.96. The minimum atomic E-state index is -3.39. The molecule has 90 valence electrons. The van der Waals surface area contributed by atoms with Gasteiger partial charge in [-0.25, -0.2) is 13.4 Å². The second-order valence-corrected chi connectivity index (χ2v) is 7.23. The summed E-state index contributed by atoms with van der Waals surface area (Å²) in [6, 6.07) is 0. The molecule has 0 aliphatic carbocycles. The topological polar surface area (TPSA) is 70.5 Å². The first kappa shape index (κ1) is 12.0. The molecule has 1 fully saturated rings. The fourth-order valence-corrected chi connectivity index (χ4v) is 4.40. The van der Waals surface area contributed by atoms with E-state index in [-0.39, 0.29) is 6.10 Å². The average Bonchev–Trinajstić information content (AvgIpc) is 2.66. The third-order valence-corrected chi connectivity index (χ3v) is 5.87. The number of hydrogen-bond acceptors (Lipinski definition) is 5. The summed E-state index contributed by atoms with van der Waals surface area (Å²) in [6.45, 7) is 2.56. The van der Waals surface area contributed by atoms with Gasteiger partial charge in [0.15, 0.2) is 4.21 Å². The molecule has 0 aromatic carbocycles. The van der Waals surface area contributed by atoms with Crippen LogP contribution >= 0.6 is 11.3 Å². The van der Waals surface area contributed by atoms with Crippen LogP contribution < -0.4 is 0 Å². The molecule has 1 aromatic rings. The van der Waals surface area contributed by atoms with Crippen molar-refractivity contribution in [3.8, 4) is 0 Å². The van der Waals surface area contributed by atoms with Crippen molar-refractivity contribution in [1.82, 2.24) is 9.29 Å². The van der Waals surface area contributed by atoms with Gasteiger partial charge >= 0.3 is 0 Å². The number of aromatic nitrogens is 1. The Morgan fingerprint density at radius 2 is 2.12 bits per heavy atom. The van der Waals surface area contributed by atoms with E-state index in [2.05, 4.69) is 4.98 Å². The van der Waals surface area contributed by atoms with Crippen molar-refractivity contribution in [2.45, 2.75) is 30.1 Å². The third-order valence-electron chi connectivity index (χ3n) is 2.62. The summed E-state index contributed by atoms with van der Waals surface area (Å²) in [5.74, 6) is 0. The van der Waals surface area contributed by atoms with E-state index in [4.69, 9.17) is 0 Å². The molecule has 0 amide bonds. The quantitative estimate of drug-likeness (QED) is 0.847. The molecular weight excluding hydrogens is 248 g/mol. The van der Waals surface area contributed by atoms with Crippen molar-refractivity contribution in [1.29, 1.82) is 0 Å². The Balaban J connectivity index is 2.20. The van der Waals surface area contributed by atoms with E-state index in [0.29, 0.717) is 30.1 Å². The van der Waals surface area contributed by atoms with E-state index in [1.165, 1.54) is 21.8 Å². The Morgan fingerprint density at radius 3 is 2.62 bits per heavy atom. The number of piperidine rings is 1. The fraction of sp³-hybridized carbons (Fsp3) is 0.667. The Morgan fingerprint density at radius 1 is 1.50 bits per heavy atom. The predicted molar refractivity (Wildman–Crippen MR) is 60.9 cm³/mol. The lowest BCUT2D eigenvalue weighted by molar-refractivity contribution is 0.113. The first-order valence-electron chi connectivity index (χ1n) is 5.11. The highest BCUT2D eigenvalue weighted by molar-refractivity contribution is 7.91. The summed E-state index contributed by atoms with van der Waals surface area (Å²) in [5.41, 5.74) is 0. The Bertz CT molecular complexity index is 461. The second-order valence-electron chi connectivity index (χ2n) is 3.83. The molecule has 1 N–H and O–H groups in total. The van der Waals surface area contributed by atoms with E-state index < -0.39 is 10.0 Å². The van der Waals surface area contributed by atoms with Crippen LogP contribution in [-0.4, -0.2) is 42.0 Å². The largest absolute Gasteiger partial charge is 0.393 e. The number of nitrogens with zero attached hydrogens (tertiary/aromatic N) is 2. The number of hydrogen-bond donors (Lipinski definition) is 1. The van der Waals surface area contributed by atoms with Crippen LogP contribution in [0.15, 0.2) is 10.4 Å². The van der Waals surface area contributed by atoms with Gasteiger partial charge in [0.05, 0.1) is 17.3 Å². The Hall–Kier alpha value is -0.500. The van der Waals surface area contributed by atoms with E-state index in [1.54, 1.807) is 6.92 Å². The molecule has 0 atom stereocenters. The molecule has 0 bridgehead atoms. The molecule has 0 radical (unpaired) electrons. The van der Waals surface area contributed by atoms with Crippen LogP contribution in [0, 0.1) is 6.92 Å². The van der Waals surface area contributed by atoms with Gasteiger partial charge in [-0.15, -0.1) is 11.3 Å². The zero-order valence-corrected chi connectivity index (χ0v) is 10.6. The zero-order chi connectivity index (χ0) is 11.8. The number of sulfonamides is 1. The average molecular weight is 262 g/mol. The van der Waals surface area contributed by atoms with Gasteiger partial charge in [0, 0.05) is 13.1 Å². The van der Waals surface area contributed by atoms with Crippen LogP contribution in [0.25, 0.3) is 0 Å². The van der Waals surface area contributed by atoms with Gasteiger partial charge in [0.25, 0.3) is 10.0 Å². The number of aliphatic hydroxyl groups is 1. The summed E-state index contributed by atoms with van der Waals surface area (Å²) in [6.07, 6.45) is 2.06. The number of aliphatic hydroxyl groups excluding tert-OH is 1. The van der Waals surface area contributed by atoms with Crippen molar-refractivity contribution >= 4 is 21.4 Å². The maximum absolute atomic E-state index is 12.1. The lowest BCUT2D eigenvalue weighted by Gasteiger charge is -2.27. The third kappa shape index (κ3) is 2.27. The van der Waals surface area contributed by atoms with Gasteiger partial charge in [-0.2, -0.15) is 4.31 Å². The fourth-order valence-electron chi connectivity index (χ4n) is 1.67. The first-order valence-corrected chi connectivity index (χ1v) is 7.36. The number of rotatable bonds is 2. The molecular formula is C9H14N2O3S2. The zero-order valence-electron chi connectivity index (χ0n) is 8.96. The van der Waals surface area contributed by atoms with E-state index in [1.807, 2.05) is 0 Å². The highest BCUT2D eigenvalue weighted by Gasteiger charge is 2.29. The molecule has 1 aromatic heterocycles. The van der Waals surface area contributed by atoms with E-state index in [9.17, 15) is 13.5 Å². The normalized spacial score (nSPS) is 20.1. The van der Waals surface area contributed by atoms with Gasteiger partial charge in [0.2, 0.25) is 0 Å². The molecule has 0 saturated carbocycles. The maximum Gasteiger partial charge on any atom is 0.254 e. The van der Waals surface area contributed by atoms with Crippen LogP contribution in [0.5, 0.6) is 0 Å². The first-order chi connectivity index (χ1) is 7.50. The molecule has 5 nitrogen and oxygen atoms in total. The monoisotopic (exact) mass is 262 g/mol. The van der Waals surface area contributed by atoms with Crippen molar-refractivity contribution < 1.29 is 13.5 Å². The van der Waals surface area contributed by atoms with Crippen molar-refractivity contribution in [3.63, 3.8) is 0 Å².